The van der Waals surface area contributed by atoms with Crippen LogP contribution >= 0.6 is 0 Å². The highest BCUT2D eigenvalue weighted by molar-refractivity contribution is 5.94. The minimum absolute atomic E-state index is 0.0136. The highest BCUT2D eigenvalue weighted by atomic mass is 16.5. The fourth-order valence-electron chi connectivity index (χ4n) is 3.43. The van der Waals surface area contributed by atoms with Crippen molar-refractivity contribution in [1.29, 1.82) is 0 Å². The maximum atomic E-state index is 12.3. The van der Waals surface area contributed by atoms with Gasteiger partial charge in [-0.3, -0.25) is 4.79 Å². The Balaban J connectivity index is 1.51. The molecule has 0 saturated carbocycles. The average Bonchev–Trinajstić information content (AvgIpc) is 3.15. The summed E-state index contributed by atoms with van der Waals surface area (Å²) in [6.45, 7) is 4.93. The summed E-state index contributed by atoms with van der Waals surface area (Å²) in [6, 6.07) is 7.56. The van der Waals surface area contributed by atoms with Gasteiger partial charge in [-0.25, -0.2) is 4.79 Å². The van der Waals surface area contributed by atoms with Gasteiger partial charge in [-0.1, -0.05) is 19.1 Å². The lowest BCUT2D eigenvalue weighted by molar-refractivity contribution is -0.124. The highest BCUT2D eigenvalue weighted by Gasteiger charge is 2.23. The van der Waals surface area contributed by atoms with Gasteiger partial charge in [-0.2, -0.15) is 0 Å². The summed E-state index contributed by atoms with van der Waals surface area (Å²) in [7, 11) is 0. The number of piperidine rings is 1. The Morgan fingerprint density at radius 3 is 2.92 bits per heavy atom. The number of amides is 3. The molecule has 2 fully saturated rings. The molecule has 3 rings (SSSR count). The largest absolute Gasteiger partial charge is 0.368 e. The molecule has 2 unspecified atom stereocenters. The molecule has 3 amide bonds. The first-order valence-electron chi connectivity index (χ1n) is 9.16. The fourth-order valence-corrected chi connectivity index (χ4v) is 3.43. The average molecular weight is 345 g/mol. The van der Waals surface area contributed by atoms with E-state index < -0.39 is 0 Å². The molecule has 2 atom stereocenters. The second kappa shape index (κ2) is 8.34. The first-order chi connectivity index (χ1) is 12.1. The number of anilines is 1. The summed E-state index contributed by atoms with van der Waals surface area (Å²) < 4.78 is 5.40. The fraction of sp³-hybridized carbons (Fsp3) is 0.579. The zero-order valence-electron chi connectivity index (χ0n) is 14.8. The lowest BCUT2D eigenvalue weighted by Gasteiger charge is -2.31. The van der Waals surface area contributed by atoms with E-state index in [-0.39, 0.29) is 18.0 Å². The molecule has 6 heteroatoms. The van der Waals surface area contributed by atoms with Crippen molar-refractivity contribution in [3.63, 3.8) is 0 Å². The maximum absolute atomic E-state index is 12.3. The lowest BCUT2D eigenvalue weighted by atomic mass is 10.0. The molecule has 0 radical (unpaired) electrons. The third-order valence-electron chi connectivity index (χ3n) is 4.80. The van der Waals surface area contributed by atoms with Crippen molar-refractivity contribution in [2.75, 3.05) is 25.0 Å². The molecule has 136 valence electrons. The van der Waals surface area contributed by atoms with Crippen LogP contribution in [-0.2, 0) is 16.1 Å². The summed E-state index contributed by atoms with van der Waals surface area (Å²) in [5.74, 6) is 0.469. The van der Waals surface area contributed by atoms with Crippen molar-refractivity contribution in [2.24, 2.45) is 5.92 Å². The van der Waals surface area contributed by atoms with Gasteiger partial charge in [0.2, 0.25) is 0 Å². The van der Waals surface area contributed by atoms with E-state index >= 15 is 0 Å². The topological polar surface area (TPSA) is 70.7 Å². The second-order valence-electron chi connectivity index (χ2n) is 7.04. The SMILES string of the molecule is CC1CCCN(C(=O)NCc2cccc(NC(=O)C3CCCO3)c2)C1. The summed E-state index contributed by atoms with van der Waals surface area (Å²) in [4.78, 5) is 26.3. The number of benzene rings is 1. The van der Waals surface area contributed by atoms with E-state index in [2.05, 4.69) is 17.6 Å². The van der Waals surface area contributed by atoms with E-state index in [1.807, 2.05) is 29.2 Å². The predicted molar refractivity (Wildman–Crippen MR) is 96.3 cm³/mol. The molecule has 2 N–H and O–H groups in total. The van der Waals surface area contributed by atoms with Crippen molar-refractivity contribution in [1.82, 2.24) is 10.2 Å². The second-order valence-corrected chi connectivity index (χ2v) is 7.04. The van der Waals surface area contributed by atoms with Crippen molar-refractivity contribution in [2.45, 2.75) is 45.3 Å². The van der Waals surface area contributed by atoms with Crippen LogP contribution in [0.4, 0.5) is 10.5 Å². The van der Waals surface area contributed by atoms with Gasteiger partial charge in [0.1, 0.15) is 6.10 Å². The molecule has 0 bridgehead atoms. The molecule has 25 heavy (non-hydrogen) atoms. The van der Waals surface area contributed by atoms with Gasteiger partial charge < -0.3 is 20.3 Å². The van der Waals surface area contributed by atoms with Crippen molar-refractivity contribution in [3.8, 4) is 0 Å². The van der Waals surface area contributed by atoms with Crippen LogP contribution in [0.3, 0.4) is 0 Å². The number of hydrogen-bond donors (Lipinski definition) is 2. The van der Waals surface area contributed by atoms with E-state index in [9.17, 15) is 9.59 Å². The zero-order valence-corrected chi connectivity index (χ0v) is 14.8. The third kappa shape index (κ3) is 4.95. The number of likely N-dealkylation sites (tertiary alicyclic amines) is 1. The van der Waals surface area contributed by atoms with Crippen LogP contribution in [0.5, 0.6) is 0 Å². The monoisotopic (exact) mass is 345 g/mol. The molecule has 0 spiro atoms. The van der Waals surface area contributed by atoms with E-state index in [1.54, 1.807) is 0 Å². The van der Waals surface area contributed by atoms with Crippen LogP contribution in [0.25, 0.3) is 0 Å². The molecule has 1 aromatic rings. The molecular weight excluding hydrogens is 318 g/mol. The first-order valence-corrected chi connectivity index (χ1v) is 9.16. The Kier molecular flexibility index (Phi) is 5.91. The normalized spacial score (nSPS) is 23.3. The van der Waals surface area contributed by atoms with E-state index in [4.69, 9.17) is 4.74 Å². The number of urea groups is 1. The smallest absolute Gasteiger partial charge is 0.317 e. The number of nitrogens with zero attached hydrogens (tertiary/aromatic N) is 1. The molecular formula is C19H27N3O3. The number of rotatable bonds is 4. The quantitative estimate of drug-likeness (QED) is 0.881. The first kappa shape index (κ1) is 17.7. The van der Waals surface area contributed by atoms with Crippen LogP contribution in [0.15, 0.2) is 24.3 Å². The number of ether oxygens (including phenoxy) is 1. The van der Waals surface area contributed by atoms with Crippen molar-refractivity contribution < 1.29 is 14.3 Å². The van der Waals surface area contributed by atoms with Gasteiger partial charge in [0.05, 0.1) is 0 Å². The number of carbonyl (C=O) groups is 2. The zero-order chi connectivity index (χ0) is 17.6. The summed E-state index contributed by atoms with van der Waals surface area (Å²) in [5.41, 5.74) is 1.70. The highest BCUT2D eigenvalue weighted by Crippen LogP contribution is 2.17. The Morgan fingerprint density at radius 1 is 1.28 bits per heavy atom. The van der Waals surface area contributed by atoms with Crippen LogP contribution in [0, 0.1) is 5.92 Å². The summed E-state index contributed by atoms with van der Waals surface area (Å²) >= 11 is 0. The van der Waals surface area contributed by atoms with Gasteiger partial charge >= 0.3 is 6.03 Å². The van der Waals surface area contributed by atoms with Crippen LogP contribution in [0.1, 0.15) is 38.2 Å². The predicted octanol–water partition coefficient (Wildman–Crippen LogP) is 2.75. The van der Waals surface area contributed by atoms with Gasteiger partial charge in [0, 0.05) is 31.9 Å². The Hall–Kier alpha value is -2.08. The molecule has 2 aliphatic heterocycles. The maximum Gasteiger partial charge on any atom is 0.317 e. The third-order valence-corrected chi connectivity index (χ3v) is 4.80. The molecule has 2 heterocycles. The molecule has 2 aliphatic rings. The lowest BCUT2D eigenvalue weighted by Crippen LogP contribution is -2.44. The Morgan fingerprint density at radius 2 is 2.16 bits per heavy atom. The molecule has 0 aromatic heterocycles. The Labute approximate surface area is 148 Å². The van der Waals surface area contributed by atoms with E-state index in [0.29, 0.717) is 19.1 Å². The summed E-state index contributed by atoms with van der Waals surface area (Å²) in [6.07, 6.45) is 3.62. The van der Waals surface area contributed by atoms with Crippen LogP contribution in [0.2, 0.25) is 0 Å². The van der Waals surface area contributed by atoms with Gasteiger partial charge in [-0.15, -0.1) is 0 Å². The van der Waals surface area contributed by atoms with E-state index in [1.165, 1.54) is 6.42 Å². The van der Waals surface area contributed by atoms with Gasteiger partial charge in [-0.05, 0) is 49.3 Å². The molecule has 6 nitrogen and oxygen atoms in total. The molecule has 2 saturated heterocycles. The van der Waals surface area contributed by atoms with Gasteiger partial charge in [0.25, 0.3) is 5.91 Å². The minimum atomic E-state index is -0.343. The van der Waals surface area contributed by atoms with Crippen molar-refractivity contribution in [3.05, 3.63) is 29.8 Å². The summed E-state index contributed by atoms with van der Waals surface area (Å²) in [5, 5.41) is 5.87. The van der Waals surface area contributed by atoms with Gasteiger partial charge in [0.15, 0.2) is 0 Å². The van der Waals surface area contributed by atoms with Crippen LogP contribution < -0.4 is 10.6 Å². The Bertz CT molecular complexity index is 614. The molecule has 1 aromatic carbocycles. The van der Waals surface area contributed by atoms with Crippen LogP contribution in [-0.4, -0.2) is 42.6 Å². The number of hydrogen-bond acceptors (Lipinski definition) is 3. The number of nitrogens with one attached hydrogen (secondary N) is 2. The number of carbonyl (C=O) groups excluding carboxylic acids is 2. The van der Waals surface area contributed by atoms with E-state index in [0.717, 1.165) is 43.6 Å². The standard InChI is InChI=1S/C19H27N3O3/c1-14-5-3-9-22(13-14)19(24)20-12-15-6-2-7-16(11-15)21-18(23)17-8-4-10-25-17/h2,6-7,11,14,17H,3-5,8-10,12-13H2,1H3,(H,20,24)(H,21,23). The van der Waals surface area contributed by atoms with Crippen molar-refractivity contribution >= 4 is 17.6 Å². The minimum Gasteiger partial charge on any atom is -0.368 e. The molecule has 0 aliphatic carbocycles.